The maximum absolute atomic E-state index is 13.4. The van der Waals surface area contributed by atoms with E-state index in [2.05, 4.69) is 24.1 Å². The minimum absolute atomic E-state index is 0.265. The summed E-state index contributed by atoms with van der Waals surface area (Å²) in [4.78, 5) is 34.3. The Balaban J connectivity index is 1.77. The molecule has 0 bridgehead atoms. The number of fused-ring (bicyclic) bond motifs is 1. The second-order valence-corrected chi connectivity index (χ2v) is 10.2. The van der Waals surface area contributed by atoms with Gasteiger partial charge in [-0.1, -0.05) is 80.2 Å². The van der Waals surface area contributed by atoms with Crippen molar-refractivity contribution in [2.24, 2.45) is 0 Å². The van der Waals surface area contributed by atoms with E-state index in [1.165, 1.54) is 17.3 Å². The normalized spacial score (nSPS) is 15.2. The molecule has 0 radical (unpaired) electrons. The molecule has 1 unspecified atom stereocenters. The first-order chi connectivity index (χ1) is 16.7. The van der Waals surface area contributed by atoms with E-state index in [0.29, 0.717) is 39.5 Å². The van der Waals surface area contributed by atoms with Gasteiger partial charge in [-0.25, -0.2) is 9.78 Å². The molecule has 3 aromatic rings. The van der Waals surface area contributed by atoms with E-state index in [1.54, 1.807) is 0 Å². The zero-order valence-electron chi connectivity index (χ0n) is 20.7. The van der Waals surface area contributed by atoms with Crippen molar-refractivity contribution in [3.63, 3.8) is 0 Å². The monoisotopic (exact) mass is 489 g/mol. The highest BCUT2D eigenvalue weighted by Gasteiger charge is 2.36. The molecule has 0 fully saturated rings. The minimum atomic E-state index is -0.580. The lowest BCUT2D eigenvalue weighted by Gasteiger charge is -2.29. The van der Waals surface area contributed by atoms with E-state index in [4.69, 9.17) is 9.72 Å². The van der Waals surface area contributed by atoms with Gasteiger partial charge in [-0.05, 0) is 43.4 Å². The van der Waals surface area contributed by atoms with Crippen LogP contribution < -0.4 is 10.9 Å². The summed E-state index contributed by atoms with van der Waals surface area (Å²) in [6, 6.07) is 18.1. The third kappa shape index (κ3) is 5.51. The number of thioether (sulfide) groups is 1. The molecule has 2 aromatic carbocycles. The third-order valence-corrected chi connectivity index (χ3v) is 6.88. The van der Waals surface area contributed by atoms with E-state index in [-0.39, 0.29) is 11.7 Å². The van der Waals surface area contributed by atoms with Crippen molar-refractivity contribution in [3.8, 4) is 0 Å². The number of nitrogens with zero attached hydrogens (tertiary/aromatic N) is 1. The lowest BCUT2D eigenvalue weighted by Crippen LogP contribution is -2.31. The number of hydrogen-bond donors (Lipinski definition) is 2. The molecular weight excluding hydrogens is 458 g/mol. The molecule has 0 spiro atoms. The number of hydrogen-bond acceptors (Lipinski definition) is 6. The Morgan fingerprint density at radius 2 is 1.74 bits per heavy atom. The predicted molar refractivity (Wildman–Crippen MR) is 141 cm³/mol. The molecule has 0 aliphatic carbocycles. The molecule has 7 heteroatoms. The second kappa shape index (κ2) is 10.5. The van der Waals surface area contributed by atoms with Crippen LogP contribution in [0.25, 0.3) is 0 Å². The zero-order valence-corrected chi connectivity index (χ0v) is 21.5. The fraction of sp³-hybridized carbons (Fsp3) is 0.321. The van der Waals surface area contributed by atoms with Crippen molar-refractivity contribution in [2.45, 2.75) is 63.5 Å². The summed E-state index contributed by atoms with van der Waals surface area (Å²) >= 11 is 1.47. The average molecular weight is 490 g/mol. The second-order valence-electron chi connectivity index (χ2n) is 9.28. The van der Waals surface area contributed by atoms with Gasteiger partial charge in [-0.15, -0.1) is 0 Å². The average Bonchev–Trinajstić information content (AvgIpc) is 2.82. The highest BCUT2D eigenvalue weighted by atomic mass is 32.2. The number of carbonyl (C=O) groups is 1. The topological polar surface area (TPSA) is 84.1 Å². The van der Waals surface area contributed by atoms with Crippen LogP contribution in [0.2, 0.25) is 0 Å². The van der Waals surface area contributed by atoms with Crippen LogP contribution >= 0.6 is 11.8 Å². The van der Waals surface area contributed by atoms with E-state index in [9.17, 15) is 9.59 Å². The van der Waals surface area contributed by atoms with Gasteiger partial charge >= 0.3 is 5.97 Å². The number of ether oxygens (including phenoxy) is 1. The zero-order chi connectivity index (χ0) is 25.1. The van der Waals surface area contributed by atoms with Crippen LogP contribution in [-0.2, 0) is 15.3 Å². The highest BCUT2D eigenvalue weighted by molar-refractivity contribution is 7.98. The highest BCUT2D eigenvalue weighted by Crippen LogP contribution is 2.40. The minimum Gasteiger partial charge on any atom is -0.460 e. The maximum atomic E-state index is 13.4. The molecule has 6 nitrogen and oxygen atoms in total. The molecule has 0 saturated carbocycles. The van der Waals surface area contributed by atoms with E-state index in [1.807, 2.05) is 75.4 Å². The first kappa shape index (κ1) is 24.8. The molecule has 0 amide bonds. The standard InChI is InChI=1S/C28H31N3O3S/c1-16(2)20-11-13-21(14-12-20)23-22(27(33)34-17(3)4)18(5)29-25-24(23)26(32)31-28(30-25)35-15-19-9-7-6-8-10-19/h6-14,16-17,23H,15H2,1-5H3,(H2,29,30,31,32). The van der Waals surface area contributed by atoms with Gasteiger partial charge in [0.2, 0.25) is 0 Å². The number of aromatic nitrogens is 2. The van der Waals surface area contributed by atoms with Gasteiger partial charge in [-0.3, -0.25) is 4.79 Å². The number of H-pyrrole nitrogens is 1. The summed E-state index contributed by atoms with van der Waals surface area (Å²) in [7, 11) is 0. The Morgan fingerprint density at radius 1 is 1.06 bits per heavy atom. The fourth-order valence-corrected chi connectivity index (χ4v) is 5.00. The van der Waals surface area contributed by atoms with Crippen molar-refractivity contribution < 1.29 is 9.53 Å². The number of aromatic amines is 1. The lowest BCUT2D eigenvalue weighted by molar-refractivity contribution is -0.143. The van der Waals surface area contributed by atoms with Crippen molar-refractivity contribution in [1.82, 2.24) is 9.97 Å². The molecule has 35 heavy (non-hydrogen) atoms. The summed E-state index contributed by atoms with van der Waals surface area (Å²) in [5.74, 6) is 0.518. The Bertz CT molecular complexity index is 1300. The first-order valence-corrected chi connectivity index (χ1v) is 12.8. The molecule has 182 valence electrons. The molecule has 1 atom stereocenters. The molecule has 1 aliphatic heterocycles. The van der Waals surface area contributed by atoms with Crippen LogP contribution in [-0.4, -0.2) is 22.0 Å². The SMILES string of the molecule is CC1=C(C(=O)OC(C)C)C(c2ccc(C(C)C)cc2)c2c(nc(SCc3ccccc3)[nH]c2=O)N1. The Labute approximate surface area is 210 Å². The lowest BCUT2D eigenvalue weighted by atomic mass is 9.81. The van der Waals surface area contributed by atoms with Crippen LogP contribution in [0.5, 0.6) is 0 Å². The number of anilines is 1. The van der Waals surface area contributed by atoms with E-state index >= 15 is 0 Å². The van der Waals surface area contributed by atoms with Gasteiger partial charge in [0.15, 0.2) is 5.16 Å². The number of esters is 1. The van der Waals surface area contributed by atoms with Crippen molar-refractivity contribution >= 4 is 23.5 Å². The number of nitrogens with one attached hydrogen (secondary N) is 2. The van der Waals surface area contributed by atoms with Crippen LogP contribution in [0.1, 0.15) is 68.7 Å². The van der Waals surface area contributed by atoms with Crippen LogP contribution in [0, 0.1) is 0 Å². The largest absolute Gasteiger partial charge is 0.460 e. The van der Waals surface area contributed by atoms with Crippen molar-refractivity contribution in [3.05, 3.63) is 98.5 Å². The molecular formula is C28H31N3O3S. The first-order valence-electron chi connectivity index (χ1n) is 11.8. The van der Waals surface area contributed by atoms with Crippen molar-refractivity contribution in [1.29, 1.82) is 0 Å². The number of allylic oxidation sites excluding steroid dienone is 1. The fourth-order valence-electron chi connectivity index (χ4n) is 4.18. The van der Waals surface area contributed by atoms with Crippen LogP contribution in [0.3, 0.4) is 0 Å². The van der Waals surface area contributed by atoms with Gasteiger partial charge in [0.1, 0.15) is 5.82 Å². The van der Waals surface area contributed by atoms with Crippen LogP contribution in [0.15, 0.2) is 75.8 Å². The number of rotatable bonds is 7. The Morgan fingerprint density at radius 3 is 2.37 bits per heavy atom. The molecule has 2 heterocycles. The van der Waals surface area contributed by atoms with E-state index < -0.39 is 11.9 Å². The van der Waals surface area contributed by atoms with Crippen LogP contribution in [0.4, 0.5) is 5.82 Å². The van der Waals surface area contributed by atoms with Gasteiger partial charge in [0.05, 0.1) is 23.2 Å². The maximum Gasteiger partial charge on any atom is 0.337 e. The summed E-state index contributed by atoms with van der Waals surface area (Å²) in [5, 5.41) is 3.73. The van der Waals surface area contributed by atoms with Gasteiger partial charge in [-0.2, -0.15) is 0 Å². The van der Waals surface area contributed by atoms with E-state index in [0.717, 1.165) is 11.1 Å². The molecule has 0 saturated heterocycles. The smallest absolute Gasteiger partial charge is 0.337 e. The van der Waals surface area contributed by atoms with Crippen molar-refractivity contribution in [2.75, 3.05) is 5.32 Å². The van der Waals surface area contributed by atoms with Gasteiger partial charge in [0.25, 0.3) is 5.56 Å². The third-order valence-electron chi connectivity index (χ3n) is 5.94. The number of benzene rings is 2. The molecule has 1 aromatic heterocycles. The summed E-state index contributed by atoms with van der Waals surface area (Å²) in [6.45, 7) is 9.72. The predicted octanol–water partition coefficient (Wildman–Crippen LogP) is 5.97. The number of carbonyl (C=O) groups excluding carboxylic acids is 1. The summed E-state index contributed by atoms with van der Waals surface area (Å²) in [6.07, 6.45) is -0.277. The Hall–Kier alpha value is -3.32. The summed E-state index contributed by atoms with van der Waals surface area (Å²) in [5.41, 5.74) is 4.41. The Kier molecular flexibility index (Phi) is 7.45. The van der Waals surface area contributed by atoms with Gasteiger partial charge in [0, 0.05) is 11.4 Å². The van der Waals surface area contributed by atoms with Gasteiger partial charge < -0.3 is 15.0 Å². The quantitative estimate of drug-likeness (QED) is 0.242. The summed E-state index contributed by atoms with van der Waals surface area (Å²) < 4.78 is 5.57. The molecule has 4 rings (SSSR count). The molecule has 2 N–H and O–H groups in total. The molecule has 1 aliphatic rings.